The van der Waals surface area contributed by atoms with Crippen LogP contribution >= 0.6 is 0 Å². The largest absolute Gasteiger partial charge is 0.493 e. The molecule has 26 heavy (non-hydrogen) atoms. The molecule has 0 aliphatic carbocycles. The zero-order chi connectivity index (χ0) is 17.9. The van der Waals surface area contributed by atoms with Crippen molar-refractivity contribution in [1.82, 2.24) is 15.0 Å². The van der Waals surface area contributed by atoms with Crippen molar-refractivity contribution < 1.29 is 5.11 Å². The molecule has 3 N–H and O–H groups in total. The van der Waals surface area contributed by atoms with Gasteiger partial charge in [-0.05, 0) is 47.4 Å². The Morgan fingerprint density at radius 2 is 1.65 bits per heavy atom. The van der Waals surface area contributed by atoms with Gasteiger partial charge < -0.3 is 10.8 Å². The molecule has 128 valence electrons. The number of fused-ring (bicyclic) bond motifs is 1. The minimum Gasteiger partial charge on any atom is -0.493 e. The van der Waals surface area contributed by atoms with E-state index in [1.807, 2.05) is 60.7 Å². The highest BCUT2D eigenvalue weighted by atomic mass is 16.3. The maximum Gasteiger partial charge on any atom is 0.222 e. The van der Waals surface area contributed by atoms with Crippen molar-refractivity contribution in [3.63, 3.8) is 0 Å². The molecule has 5 nitrogen and oxygen atoms in total. The summed E-state index contributed by atoms with van der Waals surface area (Å²) in [5.74, 6) is 0.389. The molecule has 4 rings (SSSR count). The molecule has 0 saturated carbocycles. The Morgan fingerprint density at radius 1 is 0.885 bits per heavy atom. The van der Waals surface area contributed by atoms with Crippen LogP contribution in [-0.2, 0) is 6.42 Å². The van der Waals surface area contributed by atoms with Gasteiger partial charge in [-0.15, -0.1) is 0 Å². The molecule has 5 heteroatoms. The van der Waals surface area contributed by atoms with E-state index in [2.05, 4.69) is 15.0 Å². The first-order chi connectivity index (χ1) is 12.7. The Bertz CT molecular complexity index is 1040. The highest BCUT2D eigenvalue weighted by Gasteiger charge is 2.14. The number of nitrogens with two attached hydrogens (primary N) is 1. The topological polar surface area (TPSA) is 84.9 Å². The molecule has 1 atom stereocenters. The number of hydrogen-bond acceptors (Lipinski definition) is 5. The van der Waals surface area contributed by atoms with Crippen LogP contribution in [0.4, 0.5) is 0 Å². The fourth-order valence-electron chi connectivity index (χ4n) is 2.98. The molecule has 1 unspecified atom stereocenters. The molecule has 2 heterocycles. The second kappa shape index (κ2) is 6.90. The van der Waals surface area contributed by atoms with Gasteiger partial charge in [0.2, 0.25) is 5.88 Å². The molecule has 0 bridgehead atoms. The van der Waals surface area contributed by atoms with Crippen LogP contribution < -0.4 is 5.73 Å². The standard InChI is InChI=1S/C21H18N4O/c22-18(12-14-4-2-1-3-5-14)20-24-19-7-6-16(13-17(19)21(26)25-20)15-8-10-23-11-9-15/h1-11,13,18H,12,22H2,(H,24,25,26). The average Bonchev–Trinajstić information content (AvgIpc) is 2.69. The second-order valence-electron chi connectivity index (χ2n) is 6.17. The fraction of sp³-hybridized carbons (Fsp3) is 0.0952. The van der Waals surface area contributed by atoms with Gasteiger partial charge in [-0.25, -0.2) is 4.98 Å². The zero-order valence-electron chi connectivity index (χ0n) is 14.1. The van der Waals surface area contributed by atoms with Crippen molar-refractivity contribution in [2.24, 2.45) is 5.73 Å². The highest BCUT2D eigenvalue weighted by Crippen LogP contribution is 2.28. The van der Waals surface area contributed by atoms with E-state index in [1.165, 1.54) is 0 Å². The molecule has 0 saturated heterocycles. The van der Waals surface area contributed by atoms with Crippen molar-refractivity contribution in [2.45, 2.75) is 12.5 Å². The summed E-state index contributed by atoms with van der Waals surface area (Å²) >= 11 is 0. The second-order valence-corrected chi connectivity index (χ2v) is 6.17. The molecular formula is C21H18N4O. The van der Waals surface area contributed by atoms with Crippen molar-refractivity contribution >= 4 is 10.9 Å². The summed E-state index contributed by atoms with van der Waals surface area (Å²) in [6, 6.07) is 19.1. The number of nitrogens with zero attached hydrogens (tertiary/aromatic N) is 3. The van der Waals surface area contributed by atoms with E-state index in [1.54, 1.807) is 12.4 Å². The lowest BCUT2D eigenvalue weighted by Crippen LogP contribution is -2.16. The van der Waals surface area contributed by atoms with Gasteiger partial charge in [0.15, 0.2) is 0 Å². The van der Waals surface area contributed by atoms with Crippen molar-refractivity contribution in [3.05, 3.63) is 84.4 Å². The van der Waals surface area contributed by atoms with E-state index in [4.69, 9.17) is 5.73 Å². The third-order valence-electron chi connectivity index (χ3n) is 4.34. The van der Waals surface area contributed by atoms with Gasteiger partial charge in [-0.3, -0.25) is 4.98 Å². The summed E-state index contributed by atoms with van der Waals surface area (Å²) in [5, 5.41) is 11.0. The minimum atomic E-state index is -0.382. The quantitative estimate of drug-likeness (QED) is 0.591. The highest BCUT2D eigenvalue weighted by molar-refractivity contribution is 5.88. The van der Waals surface area contributed by atoms with Crippen LogP contribution in [-0.4, -0.2) is 20.1 Å². The maximum absolute atomic E-state index is 10.4. The van der Waals surface area contributed by atoms with Gasteiger partial charge in [0.25, 0.3) is 0 Å². The lowest BCUT2D eigenvalue weighted by molar-refractivity contribution is 0.453. The Labute approximate surface area is 151 Å². The summed E-state index contributed by atoms with van der Waals surface area (Å²) in [6.45, 7) is 0. The monoisotopic (exact) mass is 342 g/mol. The fourth-order valence-corrected chi connectivity index (χ4v) is 2.98. The maximum atomic E-state index is 10.4. The number of pyridine rings is 1. The average molecular weight is 342 g/mol. The van der Waals surface area contributed by atoms with Crippen molar-refractivity contribution in [2.75, 3.05) is 0 Å². The van der Waals surface area contributed by atoms with E-state index in [0.717, 1.165) is 16.7 Å². The van der Waals surface area contributed by atoms with Crippen LogP contribution in [0.25, 0.3) is 22.0 Å². The van der Waals surface area contributed by atoms with Gasteiger partial charge >= 0.3 is 0 Å². The third kappa shape index (κ3) is 3.25. The Balaban J connectivity index is 1.68. The predicted molar refractivity (Wildman–Crippen MR) is 102 cm³/mol. The smallest absolute Gasteiger partial charge is 0.222 e. The molecule has 0 amide bonds. The number of aromatic nitrogens is 3. The van der Waals surface area contributed by atoms with Gasteiger partial charge in [-0.2, -0.15) is 4.98 Å². The van der Waals surface area contributed by atoms with E-state index < -0.39 is 0 Å². The van der Waals surface area contributed by atoms with Crippen LogP contribution in [0.5, 0.6) is 5.88 Å². The Kier molecular flexibility index (Phi) is 4.29. The van der Waals surface area contributed by atoms with Crippen LogP contribution in [0.3, 0.4) is 0 Å². The molecule has 2 aromatic carbocycles. The number of aromatic hydroxyl groups is 1. The summed E-state index contributed by atoms with van der Waals surface area (Å²) in [4.78, 5) is 12.8. The molecule has 0 fully saturated rings. The normalized spacial score (nSPS) is 12.2. The number of benzene rings is 2. The van der Waals surface area contributed by atoms with Crippen LogP contribution in [0, 0.1) is 0 Å². The van der Waals surface area contributed by atoms with E-state index in [9.17, 15) is 5.11 Å². The molecule has 4 aromatic rings. The summed E-state index contributed by atoms with van der Waals surface area (Å²) in [5.41, 5.74) is 10.0. The molecular weight excluding hydrogens is 324 g/mol. The van der Waals surface area contributed by atoms with Crippen molar-refractivity contribution in [1.29, 1.82) is 0 Å². The predicted octanol–water partition coefficient (Wildman–Crippen LogP) is 3.64. The van der Waals surface area contributed by atoms with E-state index >= 15 is 0 Å². The SMILES string of the molecule is NC(Cc1ccccc1)c1nc(O)c2cc(-c3ccncc3)ccc2n1. The molecule has 0 spiro atoms. The summed E-state index contributed by atoms with van der Waals surface area (Å²) in [6.07, 6.45) is 4.09. The number of hydrogen-bond donors (Lipinski definition) is 2. The van der Waals surface area contributed by atoms with Gasteiger partial charge in [-0.1, -0.05) is 36.4 Å². The van der Waals surface area contributed by atoms with E-state index in [-0.39, 0.29) is 11.9 Å². The van der Waals surface area contributed by atoms with Crippen LogP contribution in [0.1, 0.15) is 17.4 Å². The van der Waals surface area contributed by atoms with Crippen molar-refractivity contribution in [3.8, 4) is 17.0 Å². The molecule has 0 aliphatic heterocycles. The van der Waals surface area contributed by atoms with Gasteiger partial charge in [0.1, 0.15) is 5.82 Å². The number of rotatable bonds is 4. The van der Waals surface area contributed by atoms with Crippen LogP contribution in [0.2, 0.25) is 0 Å². The first-order valence-electron chi connectivity index (χ1n) is 8.41. The van der Waals surface area contributed by atoms with Gasteiger partial charge in [0, 0.05) is 12.4 Å². The summed E-state index contributed by atoms with van der Waals surface area (Å²) in [7, 11) is 0. The molecule has 0 aliphatic rings. The first kappa shape index (κ1) is 16.2. The molecule has 0 radical (unpaired) electrons. The lowest BCUT2D eigenvalue weighted by atomic mass is 10.0. The molecule has 2 aromatic heterocycles. The van der Waals surface area contributed by atoms with Crippen LogP contribution in [0.15, 0.2) is 73.1 Å². The Morgan fingerprint density at radius 3 is 2.42 bits per heavy atom. The zero-order valence-corrected chi connectivity index (χ0v) is 14.1. The minimum absolute atomic E-state index is 0.0515. The lowest BCUT2D eigenvalue weighted by Gasteiger charge is -2.12. The Hall–Kier alpha value is -3.31. The first-order valence-corrected chi connectivity index (χ1v) is 8.41. The van der Waals surface area contributed by atoms with Gasteiger partial charge in [0.05, 0.1) is 16.9 Å². The third-order valence-corrected chi connectivity index (χ3v) is 4.34. The summed E-state index contributed by atoms with van der Waals surface area (Å²) < 4.78 is 0. The van der Waals surface area contributed by atoms with E-state index in [0.29, 0.717) is 23.1 Å².